The van der Waals surface area contributed by atoms with Gasteiger partial charge in [0.1, 0.15) is 11.3 Å². The lowest BCUT2D eigenvalue weighted by atomic mass is 10.1. The lowest BCUT2D eigenvalue weighted by molar-refractivity contribution is 0.0530. The molecule has 0 radical (unpaired) electrons. The molecule has 0 bridgehead atoms. The van der Waals surface area contributed by atoms with E-state index in [0.29, 0.717) is 17.2 Å². The highest BCUT2D eigenvalue weighted by molar-refractivity contribution is 5.96. The van der Waals surface area contributed by atoms with E-state index in [2.05, 4.69) is 23.9 Å². The van der Waals surface area contributed by atoms with Crippen molar-refractivity contribution in [1.82, 2.24) is 14.8 Å². The Kier molecular flexibility index (Phi) is 4.57. The molecule has 5 nitrogen and oxygen atoms in total. The van der Waals surface area contributed by atoms with E-state index in [0.717, 1.165) is 19.6 Å². The number of hydrogen-bond acceptors (Lipinski definition) is 4. The number of ether oxygens (including phenoxy) is 1. The number of pyridine rings is 1. The summed E-state index contributed by atoms with van der Waals surface area (Å²) in [5.41, 5.74) is 0.507. The SMILES string of the molecule is CC1CN(C)CCN1C(=O)c1cccnc1Oc1ccccc1. The summed E-state index contributed by atoms with van der Waals surface area (Å²) in [5.74, 6) is 1.01. The van der Waals surface area contributed by atoms with Crippen LogP contribution < -0.4 is 4.74 Å². The van der Waals surface area contributed by atoms with Crippen LogP contribution in [0, 0.1) is 0 Å². The summed E-state index contributed by atoms with van der Waals surface area (Å²) < 4.78 is 5.81. The molecule has 2 aromatic rings. The highest BCUT2D eigenvalue weighted by Gasteiger charge is 2.28. The molecule has 1 aromatic heterocycles. The van der Waals surface area contributed by atoms with Gasteiger partial charge in [0.15, 0.2) is 0 Å². The lowest BCUT2D eigenvalue weighted by Gasteiger charge is -2.38. The largest absolute Gasteiger partial charge is 0.438 e. The van der Waals surface area contributed by atoms with Crippen molar-refractivity contribution >= 4 is 5.91 Å². The molecule has 0 saturated carbocycles. The Labute approximate surface area is 136 Å². The van der Waals surface area contributed by atoms with Crippen LogP contribution in [0.2, 0.25) is 0 Å². The number of aromatic nitrogens is 1. The Morgan fingerprint density at radius 3 is 2.70 bits per heavy atom. The molecule has 1 fully saturated rings. The number of nitrogens with zero attached hydrogens (tertiary/aromatic N) is 3. The van der Waals surface area contributed by atoms with E-state index in [1.807, 2.05) is 35.2 Å². The molecule has 1 atom stereocenters. The molecule has 2 heterocycles. The summed E-state index contributed by atoms with van der Waals surface area (Å²) in [4.78, 5) is 21.3. The van der Waals surface area contributed by atoms with E-state index in [-0.39, 0.29) is 11.9 Å². The predicted molar refractivity (Wildman–Crippen MR) is 88.7 cm³/mol. The summed E-state index contributed by atoms with van der Waals surface area (Å²) in [6.45, 7) is 4.55. The second-order valence-electron chi connectivity index (χ2n) is 5.88. The molecular weight excluding hydrogens is 290 g/mol. The fourth-order valence-electron chi connectivity index (χ4n) is 2.83. The van der Waals surface area contributed by atoms with Crippen LogP contribution in [-0.2, 0) is 0 Å². The van der Waals surface area contributed by atoms with Crippen LogP contribution in [0.3, 0.4) is 0 Å². The Hall–Kier alpha value is -2.40. The summed E-state index contributed by atoms with van der Waals surface area (Å²) in [7, 11) is 2.08. The average Bonchev–Trinajstić information content (AvgIpc) is 2.56. The minimum atomic E-state index is -0.0235. The fourth-order valence-corrected chi connectivity index (χ4v) is 2.83. The van der Waals surface area contributed by atoms with E-state index >= 15 is 0 Å². The first kappa shape index (κ1) is 15.5. The van der Waals surface area contributed by atoms with Crippen molar-refractivity contribution in [2.75, 3.05) is 26.7 Å². The van der Waals surface area contributed by atoms with Gasteiger partial charge < -0.3 is 14.5 Å². The van der Waals surface area contributed by atoms with E-state index in [1.165, 1.54) is 0 Å². The number of carbonyl (C=O) groups is 1. The Balaban J connectivity index is 1.84. The van der Waals surface area contributed by atoms with Crippen molar-refractivity contribution in [3.8, 4) is 11.6 Å². The van der Waals surface area contributed by atoms with Crippen LogP contribution in [-0.4, -0.2) is 53.4 Å². The van der Waals surface area contributed by atoms with Crippen molar-refractivity contribution in [3.63, 3.8) is 0 Å². The highest BCUT2D eigenvalue weighted by atomic mass is 16.5. The molecule has 0 spiro atoms. The quantitative estimate of drug-likeness (QED) is 0.874. The fraction of sp³-hybridized carbons (Fsp3) is 0.333. The van der Waals surface area contributed by atoms with Gasteiger partial charge in [-0.2, -0.15) is 0 Å². The van der Waals surface area contributed by atoms with Crippen LogP contribution in [0.1, 0.15) is 17.3 Å². The zero-order valence-electron chi connectivity index (χ0n) is 13.5. The summed E-state index contributed by atoms with van der Waals surface area (Å²) in [6, 6.07) is 13.1. The van der Waals surface area contributed by atoms with Crippen LogP contribution in [0.4, 0.5) is 0 Å². The molecule has 1 unspecified atom stereocenters. The number of likely N-dealkylation sites (N-methyl/N-ethyl adjacent to an activating group) is 1. The molecule has 3 rings (SSSR count). The van der Waals surface area contributed by atoms with Gasteiger partial charge in [-0.3, -0.25) is 4.79 Å². The minimum Gasteiger partial charge on any atom is -0.438 e. The van der Waals surface area contributed by atoms with Gasteiger partial charge in [0.2, 0.25) is 5.88 Å². The zero-order chi connectivity index (χ0) is 16.2. The normalized spacial score (nSPS) is 18.7. The van der Waals surface area contributed by atoms with Gasteiger partial charge >= 0.3 is 0 Å². The maximum atomic E-state index is 12.9. The Bertz CT molecular complexity index is 675. The third kappa shape index (κ3) is 3.51. The number of para-hydroxylation sites is 1. The van der Waals surface area contributed by atoms with E-state index in [4.69, 9.17) is 4.74 Å². The van der Waals surface area contributed by atoms with Crippen molar-refractivity contribution in [2.24, 2.45) is 0 Å². The van der Waals surface area contributed by atoms with Gasteiger partial charge in [-0.05, 0) is 38.2 Å². The maximum Gasteiger partial charge on any atom is 0.259 e. The van der Waals surface area contributed by atoms with Crippen LogP contribution in [0.5, 0.6) is 11.6 Å². The second-order valence-corrected chi connectivity index (χ2v) is 5.88. The molecule has 1 saturated heterocycles. The van der Waals surface area contributed by atoms with Crippen molar-refractivity contribution in [2.45, 2.75) is 13.0 Å². The minimum absolute atomic E-state index is 0.0235. The first-order valence-electron chi connectivity index (χ1n) is 7.82. The van der Waals surface area contributed by atoms with Crippen molar-refractivity contribution in [3.05, 3.63) is 54.2 Å². The molecule has 5 heteroatoms. The van der Waals surface area contributed by atoms with Gasteiger partial charge in [-0.1, -0.05) is 18.2 Å². The van der Waals surface area contributed by atoms with E-state index in [1.54, 1.807) is 18.3 Å². The first-order valence-corrected chi connectivity index (χ1v) is 7.82. The third-order valence-electron chi connectivity index (χ3n) is 4.05. The summed E-state index contributed by atoms with van der Waals surface area (Å²) in [6.07, 6.45) is 1.64. The smallest absolute Gasteiger partial charge is 0.259 e. The zero-order valence-corrected chi connectivity index (χ0v) is 13.5. The monoisotopic (exact) mass is 311 g/mol. The van der Waals surface area contributed by atoms with Crippen molar-refractivity contribution in [1.29, 1.82) is 0 Å². The molecule has 1 aromatic carbocycles. The number of carbonyl (C=O) groups excluding carboxylic acids is 1. The van der Waals surface area contributed by atoms with Crippen LogP contribution in [0.15, 0.2) is 48.7 Å². The summed E-state index contributed by atoms with van der Waals surface area (Å²) >= 11 is 0. The maximum absolute atomic E-state index is 12.9. The molecule has 120 valence electrons. The predicted octanol–water partition coefficient (Wildman–Crippen LogP) is 2.65. The van der Waals surface area contributed by atoms with Gasteiger partial charge in [-0.25, -0.2) is 4.98 Å². The molecule has 0 N–H and O–H groups in total. The van der Waals surface area contributed by atoms with Crippen molar-refractivity contribution < 1.29 is 9.53 Å². The molecule has 23 heavy (non-hydrogen) atoms. The summed E-state index contributed by atoms with van der Waals surface area (Å²) in [5, 5.41) is 0. The number of amides is 1. The number of piperazine rings is 1. The van der Waals surface area contributed by atoms with Gasteiger partial charge in [0, 0.05) is 31.9 Å². The Morgan fingerprint density at radius 1 is 1.17 bits per heavy atom. The van der Waals surface area contributed by atoms with Gasteiger partial charge in [-0.15, -0.1) is 0 Å². The number of benzene rings is 1. The number of rotatable bonds is 3. The van der Waals surface area contributed by atoms with Crippen LogP contribution in [0.25, 0.3) is 0 Å². The van der Waals surface area contributed by atoms with E-state index in [9.17, 15) is 4.79 Å². The average molecular weight is 311 g/mol. The second kappa shape index (κ2) is 6.79. The molecule has 1 aliphatic heterocycles. The first-order chi connectivity index (χ1) is 11.1. The standard InChI is InChI=1S/C18H21N3O2/c1-14-13-20(2)11-12-21(14)18(22)16-9-6-10-19-17(16)23-15-7-4-3-5-8-15/h3-10,14H,11-13H2,1-2H3. The molecule has 1 aliphatic rings. The van der Waals surface area contributed by atoms with Crippen LogP contribution >= 0.6 is 0 Å². The highest BCUT2D eigenvalue weighted by Crippen LogP contribution is 2.24. The van der Waals surface area contributed by atoms with Gasteiger partial charge in [0.25, 0.3) is 5.91 Å². The Morgan fingerprint density at radius 2 is 1.96 bits per heavy atom. The lowest BCUT2D eigenvalue weighted by Crippen LogP contribution is -2.52. The number of hydrogen-bond donors (Lipinski definition) is 0. The molecule has 1 amide bonds. The topological polar surface area (TPSA) is 45.7 Å². The van der Waals surface area contributed by atoms with E-state index < -0.39 is 0 Å². The van der Waals surface area contributed by atoms with Gasteiger partial charge in [0.05, 0.1) is 0 Å². The molecule has 0 aliphatic carbocycles. The molecular formula is C18H21N3O2. The third-order valence-corrected chi connectivity index (χ3v) is 4.05.